The van der Waals surface area contributed by atoms with Gasteiger partial charge in [-0.15, -0.1) is 0 Å². The van der Waals surface area contributed by atoms with E-state index < -0.39 is 0 Å². The van der Waals surface area contributed by atoms with E-state index in [0.717, 1.165) is 13.0 Å². The second-order valence-corrected chi connectivity index (χ2v) is 5.05. The number of hydrogen-bond acceptors (Lipinski definition) is 2. The maximum absolute atomic E-state index is 8.94. The molecule has 1 rings (SSSR count). The monoisotopic (exact) mass is 221 g/mol. The molecular formula is C14H23NO. The van der Waals surface area contributed by atoms with Crippen LogP contribution in [0.2, 0.25) is 0 Å². The van der Waals surface area contributed by atoms with E-state index in [2.05, 4.69) is 50.4 Å². The number of aliphatic hydroxyl groups is 1. The molecule has 0 unspecified atom stereocenters. The van der Waals surface area contributed by atoms with E-state index in [-0.39, 0.29) is 12.1 Å². The molecule has 16 heavy (non-hydrogen) atoms. The third-order valence-corrected chi connectivity index (χ3v) is 2.99. The van der Waals surface area contributed by atoms with Crippen molar-refractivity contribution >= 4 is 0 Å². The fourth-order valence-electron chi connectivity index (χ4n) is 1.70. The molecule has 0 aliphatic heterocycles. The van der Waals surface area contributed by atoms with Crippen molar-refractivity contribution < 1.29 is 5.11 Å². The molecule has 0 spiro atoms. The van der Waals surface area contributed by atoms with Gasteiger partial charge in [0, 0.05) is 18.7 Å². The van der Waals surface area contributed by atoms with Gasteiger partial charge < -0.3 is 10.4 Å². The van der Waals surface area contributed by atoms with Crippen LogP contribution in [0, 0.1) is 0 Å². The predicted octanol–water partition coefficient (Wildman–Crippen LogP) is 2.54. The summed E-state index contributed by atoms with van der Waals surface area (Å²) in [6.07, 6.45) is 0.786. The van der Waals surface area contributed by atoms with Gasteiger partial charge in [-0.05, 0) is 31.7 Å². The van der Waals surface area contributed by atoms with E-state index in [1.807, 2.05) is 6.07 Å². The lowest BCUT2D eigenvalue weighted by Crippen LogP contribution is -2.41. The Labute approximate surface area is 98.7 Å². The highest BCUT2D eigenvalue weighted by atomic mass is 16.3. The smallest absolute Gasteiger partial charge is 0.0448 e. The van der Waals surface area contributed by atoms with Gasteiger partial charge in [0.05, 0.1) is 0 Å². The number of benzene rings is 1. The Kier molecular flexibility index (Phi) is 4.97. The largest absolute Gasteiger partial charge is 0.396 e. The Balaban J connectivity index is 2.44. The second-order valence-electron chi connectivity index (χ2n) is 5.05. The van der Waals surface area contributed by atoms with Crippen molar-refractivity contribution in [3.05, 3.63) is 35.9 Å². The maximum Gasteiger partial charge on any atom is 0.0448 e. The van der Waals surface area contributed by atoms with Crippen molar-refractivity contribution in [2.24, 2.45) is 0 Å². The molecule has 0 aromatic heterocycles. The Morgan fingerprint density at radius 2 is 1.88 bits per heavy atom. The summed E-state index contributed by atoms with van der Waals surface area (Å²) in [5.74, 6) is 0.499. The Morgan fingerprint density at radius 3 is 2.44 bits per heavy atom. The molecule has 0 radical (unpaired) electrons. The molecule has 0 bridgehead atoms. The topological polar surface area (TPSA) is 32.3 Å². The quantitative estimate of drug-likeness (QED) is 0.773. The van der Waals surface area contributed by atoms with Crippen LogP contribution in [0.4, 0.5) is 0 Å². The van der Waals surface area contributed by atoms with Gasteiger partial charge in [-0.3, -0.25) is 0 Å². The lowest BCUT2D eigenvalue weighted by atomic mass is 9.97. The standard InChI is InChI=1S/C14H23NO/c1-12(13-7-5-4-6-8-13)11-15-14(2,3)9-10-16/h4-8,12,15-16H,9-11H2,1-3H3/t12-/m1/s1. The zero-order valence-electron chi connectivity index (χ0n) is 10.5. The van der Waals surface area contributed by atoms with Crippen LogP contribution in [0.25, 0.3) is 0 Å². The van der Waals surface area contributed by atoms with Crippen LogP contribution in [-0.2, 0) is 0 Å². The highest BCUT2D eigenvalue weighted by Gasteiger charge is 2.17. The molecule has 0 amide bonds. The molecule has 1 aromatic carbocycles. The van der Waals surface area contributed by atoms with Crippen LogP contribution >= 0.6 is 0 Å². The summed E-state index contributed by atoms with van der Waals surface area (Å²) in [5.41, 5.74) is 1.37. The van der Waals surface area contributed by atoms with Crippen molar-refractivity contribution in [3.8, 4) is 0 Å². The summed E-state index contributed by atoms with van der Waals surface area (Å²) in [4.78, 5) is 0. The van der Waals surface area contributed by atoms with E-state index in [1.165, 1.54) is 5.56 Å². The molecule has 0 saturated heterocycles. The molecule has 90 valence electrons. The van der Waals surface area contributed by atoms with Gasteiger partial charge in [-0.2, -0.15) is 0 Å². The van der Waals surface area contributed by atoms with Crippen molar-refractivity contribution in [3.63, 3.8) is 0 Å². The van der Waals surface area contributed by atoms with Gasteiger partial charge in [0.15, 0.2) is 0 Å². The third-order valence-electron chi connectivity index (χ3n) is 2.99. The van der Waals surface area contributed by atoms with Crippen molar-refractivity contribution in [2.45, 2.75) is 38.6 Å². The van der Waals surface area contributed by atoms with Gasteiger partial charge in [0.1, 0.15) is 0 Å². The first kappa shape index (κ1) is 13.2. The van der Waals surface area contributed by atoms with E-state index >= 15 is 0 Å². The van der Waals surface area contributed by atoms with Gasteiger partial charge in [-0.25, -0.2) is 0 Å². The first-order valence-corrected chi connectivity index (χ1v) is 5.96. The van der Waals surface area contributed by atoms with Crippen molar-refractivity contribution in [1.82, 2.24) is 5.32 Å². The summed E-state index contributed by atoms with van der Waals surface area (Å²) >= 11 is 0. The number of aliphatic hydroxyl groups excluding tert-OH is 1. The van der Waals surface area contributed by atoms with Crippen LogP contribution in [0.1, 0.15) is 38.7 Å². The first-order valence-electron chi connectivity index (χ1n) is 5.96. The average molecular weight is 221 g/mol. The Hall–Kier alpha value is -0.860. The van der Waals surface area contributed by atoms with Crippen LogP contribution in [0.3, 0.4) is 0 Å². The zero-order chi connectivity index (χ0) is 12.0. The van der Waals surface area contributed by atoms with Gasteiger partial charge in [-0.1, -0.05) is 37.3 Å². The summed E-state index contributed by atoms with van der Waals surface area (Å²) in [6, 6.07) is 10.5. The van der Waals surface area contributed by atoms with Crippen LogP contribution in [0.5, 0.6) is 0 Å². The lowest BCUT2D eigenvalue weighted by Gasteiger charge is -2.27. The minimum Gasteiger partial charge on any atom is -0.396 e. The highest BCUT2D eigenvalue weighted by Crippen LogP contribution is 2.15. The maximum atomic E-state index is 8.94. The summed E-state index contributed by atoms with van der Waals surface area (Å²) < 4.78 is 0. The Morgan fingerprint density at radius 1 is 1.25 bits per heavy atom. The van der Waals surface area contributed by atoms with E-state index in [9.17, 15) is 0 Å². The molecule has 2 N–H and O–H groups in total. The van der Waals surface area contributed by atoms with E-state index in [1.54, 1.807) is 0 Å². The normalized spacial score (nSPS) is 13.8. The lowest BCUT2D eigenvalue weighted by molar-refractivity contribution is 0.229. The molecule has 0 saturated carbocycles. The van der Waals surface area contributed by atoms with Gasteiger partial charge in [0.25, 0.3) is 0 Å². The fourth-order valence-corrected chi connectivity index (χ4v) is 1.70. The predicted molar refractivity (Wildman–Crippen MR) is 68.6 cm³/mol. The molecule has 0 fully saturated rings. The fraction of sp³-hybridized carbons (Fsp3) is 0.571. The Bertz CT molecular complexity index is 295. The molecule has 0 aliphatic rings. The molecular weight excluding hydrogens is 198 g/mol. The first-order chi connectivity index (χ1) is 7.55. The van der Waals surface area contributed by atoms with E-state index in [4.69, 9.17) is 5.11 Å². The van der Waals surface area contributed by atoms with Gasteiger partial charge >= 0.3 is 0 Å². The summed E-state index contributed by atoms with van der Waals surface area (Å²) in [7, 11) is 0. The number of rotatable bonds is 6. The van der Waals surface area contributed by atoms with Crippen LogP contribution in [0.15, 0.2) is 30.3 Å². The molecule has 0 aliphatic carbocycles. The summed E-state index contributed by atoms with van der Waals surface area (Å²) in [5, 5.41) is 12.4. The second kappa shape index (κ2) is 6.02. The molecule has 1 aromatic rings. The summed E-state index contributed by atoms with van der Waals surface area (Å²) in [6.45, 7) is 7.65. The van der Waals surface area contributed by atoms with Crippen LogP contribution < -0.4 is 5.32 Å². The van der Waals surface area contributed by atoms with Crippen molar-refractivity contribution in [2.75, 3.05) is 13.2 Å². The van der Waals surface area contributed by atoms with Crippen molar-refractivity contribution in [1.29, 1.82) is 0 Å². The third kappa shape index (κ3) is 4.33. The van der Waals surface area contributed by atoms with Crippen LogP contribution in [-0.4, -0.2) is 23.8 Å². The minimum atomic E-state index is 0.0117. The average Bonchev–Trinajstić information content (AvgIpc) is 2.27. The molecule has 2 heteroatoms. The molecule has 2 nitrogen and oxygen atoms in total. The molecule has 0 heterocycles. The number of hydrogen-bond donors (Lipinski definition) is 2. The van der Waals surface area contributed by atoms with E-state index in [0.29, 0.717) is 5.92 Å². The molecule has 1 atom stereocenters. The minimum absolute atomic E-state index is 0.0117. The highest BCUT2D eigenvalue weighted by molar-refractivity contribution is 5.19. The van der Waals surface area contributed by atoms with Gasteiger partial charge in [0.2, 0.25) is 0 Å². The number of nitrogens with one attached hydrogen (secondary N) is 1. The zero-order valence-corrected chi connectivity index (χ0v) is 10.5. The SMILES string of the molecule is C[C@H](CNC(C)(C)CCO)c1ccccc1.